The quantitative estimate of drug-likeness (QED) is 0.696. The van der Waals surface area contributed by atoms with Crippen LogP contribution in [0.1, 0.15) is 27.2 Å². The van der Waals surface area contributed by atoms with Crippen molar-refractivity contribution >= 4 is 12.2 Å². The molecular weight excluding hydrogens is 164 g/mol. The summed E-state index contributed by atoms with van der Waals surface area (Å²) in [5.41, 5.74) is 6.87. The minimum Gasteiger partial charge on any atom is -0.385 e. The third kappa shape index (κ3) is 1.88. The highest BCUT2D eigenvalue weighted by molar-refractivity contribution is 5.92. The Morgan fingerprint density at radius 1 is 1.77 bits per heavy atom. The molecule has 1 aliphatic rings. The molecule has 0 aromatic heterocycles. The zero-order valence-corrected chi connectivity index (χ0v) is 8.36. The highest BCUT2D eigenvalue weighted by Crippen LogP contribution is 2.15. The molecule has 0 aliphatic carbocycles. The first-order chi connectivity index (χ1) is 6.20. The monoisotopic (exact) mass is 180 g/mol. The molecular formula is C9H16N4. The summed E-state index contributed by atoms with van der Waals surface area (Å²) in [5.74, 6) is 0.614. The fourth-order valence-electron chi connectivity index (χ4n) is 1.30. The largest absolute Gasteiger partial charge is 0.385 e. The van der Waals surface area contributed by atoms with Gasteiger partial charge >= 0.3 is 0 Å². The van der Waals surface area contributed by atoms with E-state index in [1.807, 2.05) is 24.9 Å². The molecule has 1 rings (SSSR count). The Morgan fingerprint density at radius 2 is 2.46 bits per heavy atom. The Bertz CT molecular complexity index is 265. The first kappa shape index (κ1) is 9.77. The van der Waals surface area contributed by atoms with Crippen molar-refractivity contribution in [1.29, 1.82) is 0 Å². The van der Waals surface area contributed by atoms with Gasteiger partial charge in [-0.3, -0.25) is 5.01 Å². The van der Waals surface area contributed by atoms with E-state index in [0.29, 0.717) is 5.84 Å². The van der Waals surface area contributed by atoms with E-state index >= 15 is 0 Å². The van der Waals surface area contributed by atoms with Crippen molar-refractivity contribution in [1.82, 2.24) is 5.01 Å². The lowest BCUT2D eigenvalue weighted by Crippen LogP contribution is -2.41. The van der Waals surface area contributed by atoms with Crippen LogP contribution in [0.25, 0.3) is 0 Å². The van der Waals surface area contributed by atoms with Gasteiger partial charge in [-0.1, -0.05) is 13.0 Å². The first-order valence-corrected chi connectivity index (χ1v) is 4.50. The van der Waals surface area contributed by atoms with E-state index in [-0.39, 0.29) is 6.04 Å². The Balaban J connectivity index is 2.84. The molecule has 1 heterocycles. The summed E-state index contributed by atoms with van der Waals surface area (Å²) in [5, 5.41) is 6.08. The SMILES string of the molecule is C/C=C(/CC)N1N=CN=C(N)[C@@H]1C. The van der Waals surface area contributed by atoms with Crippen molar-refractivity contribution in [3.63, 3.8) is 0 Å². The van der Waals surface area contributed by atoms with Crippen LogP contribution < -0.4 is 5.73 Å². The molecule has 72 valence electrons. The van der Waals surface area contributed by atoms with Crippen molar-refractivity contribution in [2.24, 2.45) is 15.8 Å². The van der Waals surface area contributed by atoms with Gasteiger partial charge in [0.25, 0.3) is 0 Å². The van der Waals surface area contributed by atoms with Crippen LogP contribution in [-0.2, 0) is 0 Å². The van der Waals surface area contributed by atoms with Gasteiger partial charge in [0.1, 0.15) is 18.2 Å². The third-order valence-electron chi connectivity index (χ3n) is 2.17. The molecule has 0 saturated heterocycles. The number of aliphatic imine (C=N–C) groups is 1. The van der Waals surface area contributed by atoms with Gasteiger partial charge in [0.15, 0.2) is 0 Å². The second-order valence-electron chi connectivity index (χ2n) is 2.94. The van der Waals surface area contributed by atoms with E-state index in [2.05, 4.69) is 17.0 Å². The zero-order chi connectivity index (χ0) is 9.84. The lowest BCUT2D eigenvalue weighted by molar-refractivity contribution is 0.324. The van der Waals surface area contributed by atoms with Gasteiger partial charge in [-0.2, -0.15) is 5.10 Å². The molecule has 0 spiro atoms. The molecule has 0 aromatic rings. The molecule has 0 amide bonds. The Morgan fingerprint density at radius 3 is 3.00 bits per heavy atom. The molecule has 4 heteroatoms. The Hall–Kier alpha value is -1.32. The summed E-state index contributed by atoms with van der Waals surface area (Å²) in [4.78, 5) is 3.95. The minimum atomic E-state index is 0.0659. The molecule has 0 aromatic carbocycles. The maximum absolute atomic E-state index is 5.71. The minimum absolute atomic E-state index is 0.0659. The molecule has 1 atom stereocenters. The number of hydrazone groups is 1. The molecule has 0 saturated carbocycles. The molecule has 1 aliphatic heterocycles. The van der Waals surface area contributed by atoms with E-state index in [0.717, 1.165) is 6.42 Å². The second-order valence-corrected chi connectivity index (χ2v) is 2.94. The molecule has 0 radical (unpaired) electrons. The summed E-state index contributed by atoms with van der Waals surface area (Å²) >= 11 is 0. The third-order valence-corrected chi connectivity index (χ3v) is 2.17. The average Bonchev–Trinajstić information content (AvgIpc) is 2.14. The Kier molecular flexibility index (Phi) is 3.06. The van der Waals surface area contributed by atoms with Crippen molar-refractivity contribution in [2.75, 3.05) is 0 Å². The summed E-state index contributed by atoms with van der Waals surface area (Å²) < 4.78 is 0. The van der Waals surface area contributed by atoms with Crippen LogP contribution in [0.2, 0.25) is 0 Å². The lowest BCUT2D eigenvalue weighted by Gasteiger charge is -2.29. The van der Waals surface area contributed by atoms with Crippen LogP contribution in [-0.4, -0.2) is 23.2 Å². The van der Waals surface area contributed by atoms with E-state index in [4.69, 9.17) is 5.73 Å². The number of allylic oxidation sites excluding steroid dienone is 2. The van der Waals surface area contributed by atoms with Gasteiger partial charge in [-0.25, -0.2) is 4.99 Å². The van der Waals surface area contributed by atoms with Gasteiger partial charge < -0.3 is 5.73 Å². The predicted molar refractivity (Wildman–Crippen MR) is 55.5 cm³/mol. The highest BCUT2D eigenvalue weighted by Gasteiger charge is 2.19. The smallest absolute Gasteiger partial charge is 0.138 e. The molecule has 2 N–H and O–H groups in total. The molecule has 13 heavy (non-hydrogen) atoms. The van der Waals surface area contributed by atoms with Gasteiger partial charge in [0, 0.05) is 5.70 Å². The van der Waals surface area contributed by atoms with Crippen LogP contribution in [0.5, 0.6) is 0 Å². The van der Waals surface area contributed by atoms with Crippen LogP contribution in [0.4, 0.5) is 0 Å². The van der Waals surface area contributed by atoms with Crippen molar-refractivity contribution in [3.8, 4) is 0 Å². The molecule has 0 bridgehead atoms. The van der Waals surface area contributed by atoms with E-state index in [9.17, 15) is 0 Å². The van der Waals surface area contributed by atoms with Crippen LogP contribution >= 0.6 is 0 Å². The summed E-state index contributed by atoms with van der Waals surface area (Å²) in [6.07, 6.45) is 4.49. The lowest BCUT2D eigenvalue weighted by atomic mass is 10.2. The summed E-state index contributed by atoms with van der Waals surface area (Å²) in [6.45, 7) is 6.09. The standard InChI is InChI=1S/C9H16N4/c1-4-8(5-2)13-7(3)9(10)11-6-12-13/h4,6-7H,5H2,1-3H3,(H2,10,11,12)/b8-4-/t7-/m0/s1. The predicted octanol–water partition coefficient (Wildman–Crippen LogP) is 1.30. The maximum atomic E-state index is 5.71. The second kappa shape index (κ2) is 4.07. The maximum Gasteiger partial charge on any atom is 0.138 e. The number of nitrogens with zero attached hydrogens (tertiary/aromatic N) is 3. The molecule has 4 nitrogen and oxygen atoms in total. The van der Waals surface area contributed by atoms with E-state index in [1.165, 1.54) is 12.0 Å². The molecule has 0 unspecified atom stereocenters. The number of nitrogens with two attached hydrogens (primary N) is 1. The van der Waals surface area contributed by atoms with Crippen molar-refractivity contribution < 1.29 is 0 Å². The van der Waals surface area contributed by atoms with Crippen molar-refractivity contribution in [3.05, 3.63) is 11.8 Å². The van der Waals surface area contributed by atoms with Crippen LogP contribution in [0.15, 0.2) is 21.9 Å². The molecule has 0 fully saturated rings. The number of hydrogen-bond acceptors (Lipinski definition) is 4. The Labute approximate surface area is 78.8 Å². The van der Waals surface area contributed by atoms with Gasteiger partial charge in [-0.05, 0) is 20.3 Å². The number of hydrogen-bond donors (Lipinski definition) is 1. The van der Waals surface area contributed by atoms with Gasteiger partial charge in [0.2, 0.25) is 0 Å². The van der Waals surface area contributed by atoms with Crippen LogP contribution in [0, 0.1) is 0 Å². The van der Waals surface area contributed by atoms with Crippen LogP contribution in [0.3, 0.4) is 0 Å². The van der Waals surface area contributed by atoms with Gasteiger partial charge in [0.05, 0.1) is 0 Å². The first-order valence-electron chi connectivity index (χ1n) is 4.50. The van der Waals surface area contributed by atoms with Gasteiger partial charge in [-0.15, -0.1) is 0 Å². The fraction of sp³-hybridized carbons (Fsp3) is 0.556. The average molecular weight is 180 g/mol. The van der Waals surface area contributed by atoms with Crippen molar-refractivity contribution in [2.45, 2.75) is 33.2 Å². The normalized spacial score (nSPS) is 23.3. The zero-order valence-electron chi connectivity index (χ0n) is 8.36. The number of amidine groups is 1. The topological polar surface area (TPSA) is 54.0 Å². The number of rotatable bonds is 2. The summed E-state index contributed by atoms with van der Waals surface area (Å²) in [6, 6.07) is 0.0659. The summed E-state index contributed by atoms with van der Waals surface area (Å²) in [7, 11) is 0. The van der Waals surface area contributed by atoms with E-state index in [1.54, 1.807) is 0 Å². The fourth-order valence-corrected chi connectivity index (χ4v) is 1.30. The highest BCUT2D eigenvalue weighted by atomic mass is 15.5. The van der Waals surface area contributed by atoms with E-state index < -0.39 is 0 Å².